The van der Waals surface area contributed by atoms with Crippen molar-refractivity contribution in [2.24, 2.45) is 13.0 Å². The van der Waals surface area contributed by atoms with E-state index in [0.717, 1.165) is 30.2 Å². The lowest BCUT2D eigenvalue weighted by molar-refractivity contribution is 0.146. The molecule has 0 aromatic carbocycles. The van der Waals surface area contributed by atoms with E-state index in [1.807, 2.05) is 14.0 Å². The fourth-order valence-electron chi connectivity index (χ4n) is 2.45. The molecule has 0 bridgehead atoms. The first kappa shape index (κ1) is 16.2. The summed E-state index contributed by atoms with van der Waals surface area (Å²) < 4.78 is 7.09. The molecule has 2 rings (SSSR count). The van der Waals surface area contributed by atoms with Gasteiger partial charge in [-0.1, -0.05) is 0 Å². The Morgan fingerprint density at radius 1 is 1.53 bits per heavy atom. The number of nitrogens with one attached hydrogen (secondary N) is 2. The lowest BCUT2D eigenvalue weighted by Crippen LogP contribution is -2.30. The van der Waals surface area contributed by atoms with Gasteiger partial charge in [0.25, 0.3) is 0 Å². The van der Waals surface area contributed by atoms with Crippen LogP contribution in [0.1, 0.15) is 11.3 Å². The second-order valence-corrected chi connectivity index (χ2v) is 4.81. The highest BCUT2D eigenvalue weighted by molar-refractivity contribution is 5.85. The number of halogens is 1. The molecule has 1 aromatic rings. The van der Waals surface area contributed by atoms with Crippen LogP contribution in [0, 0.1) is 12.8 Å². The third-order valence-corrected chi connectivity index (χ3v) is 3.49. The van der Waals surface area contributed by atoms with Gasteiger partial charge < -0.3 is 20.5 Å². The van der Waals surface area contributed by atoms with Crippen molar-refractivity contribution < 1.29 is 9.84 Å². The number of hydrogen-bond acceptors (Lipinski definition) is 5. The smallest absolute Gasteiger partial charge is 0.216 e. The second kappa shape index (κ2) is 7.09. The molecule has 0 aliphatic carbocycles. The van der Waals surface area contributed by atoms with Crippen LogP contribution < -0.4 is 15.4 Å². The summed E-state index contributed by atoms with van der Waals surface area (Å²) in [7, 11) is 3.53. The van der Waals surface area contributed by atoms with Crippen LogP contribution in [0.4, 0.5) is 0 Å². The van der Waals surface area contributed by atoms with Crippen LogP contribution in [0.25, 0.3) is 0 Å². The first-order valence-corrected chi connectivity index (χ1v) is 6.29. The Bertz CT molecular complexity index is 411. The topological polar surface area (TPSA) is 71.3 Å². The van der Waals surface area contributed by atoms with E-state index in [1.165, 1.54) is 0 Å². The highest BCUT2D eigenvalue weighted by Gasteiger charge is 2.24. The van der Waals surface area contributed by atoms with E-state index in [-0.39, 0.29) is 24.4 Å². The van der Waals surface area contributed by atoms with E-state index in [0.29, 0.717) is 13.1 Å². The molecule has 0 radical (unpaired) electrons. The third-order valence-electron chi connectivity index (χ3n) is 3.49. The van der Waals surface area contributed by atoms with E-state index >= 15 is 0 Å². The van der Waals surface area contributed by atoms with Gasteiger partial charge in [0.2, 0.25) is 5.88 Å². The Morgan fingerprint density at radius 3 is 2.84 bits per heavy atom. The Morgan fingerprint density at radius 2 is 2.26 bits per heavy atom. The Balaban J connectivity index is 0.00000180. The van der Waals surface area contributed by atoms with Gasteiger partial charge in [-0.2, -0.15) is 5.10 Å². The van der Waals surface area contributed by atoms with Gasteiger partial charge >= 0.3 is 0 Å². The maximum atomic E-state index is 9.70. The summed E-state index contributed by atoms with van der Waals surface area (Å²) in [6.45, 7) is 5.06. The summed E-state index contributed by atoms with van der Waals surface area (Å²) in [6.07, 6.45) is -0.241. The summed E-state index contributed by atoms with van der Waals surface area (Å²) in [5.74, 6) is 1.08. The Hall–Kier alpha value is -0.820. The van der Waals surface area contributed by atoms with Crippen molar-refractivity contribution in [1.82, 2.24) is 20.4 Å². The predicted molar refractivity (Wildman–Crippen MR) is 75.8 cm³/mol. The molecule has 6 nitrogen and oxygen atoms in total. The van der Waals surface area contributed by atoms with E-state index in [2.05, 4.69) is 15.7 Å². The molecule has 1 aliphatic rings. The maximum Gasteiger partial charge on any atom is 0.216 e. The van der Waals surface area contributed by atoms with Gasteiger partial charge in [-0.05, 0) is 6.92 Å². The summed E-state index contributed by atoms with van der Waals surface area (Å²) in [5, 5.41) is 20.6. The molecular formula is C12H23ClN4O2. The summed E-state index contributed by atoms with van der Waals surface area (Å²) >= 11 is 0. The molecule has 7 heteroatoms. The monoisotopic (exact) mass is 290 g/mol. The van der Waals surface area contributed by atoms with Gasteiger partial charge in [-0.3, -0.25) is 0 Å². The van der Waals surface area contributed by atoms with Crippen molar-refractivity contribution in [3.05, 3.63) is 11.3 Å². The van der Waals surface area contributed by atoms with Crippen molar-refractivity contribution in [3.8, 4) is 5.88 Å². The number of ether oxygens (including phenoxy) is 1. The average Bonchev–Trinajstić information content (AvgIpc) is 2.84. The molecule has 1 fully saturated rings. The van der Waals surface area contributed by atoms with Crippen LogP contribution >= 0.6 is 12.4 Å². The van der Waals surface area contributed by atoms with Gasteiger partial charge in [0.1, 0.15) is 0 Å². The van der Waals surface area contributed by atoms with Gasteiger partial charge in [0, 0.05) is 39.1 Å². The Labute approximate surface area is 119 Å². The molecule has 1 aromatic heterocycles. The fourth-order valence-corrected chi connectivity index (χ4v) is 2.45. The molecule has 0 spiro atoms. The van der Waals surface area contributed by atoms with E-state index < -0.39 is 0 Å². The number of hydrogen-bond donors (Lipinski definition) is 3. The summed E-state index contributed by atoms with van der Waals surface area (Å²) in [4.78, 5) is 0. The van der Waals surface area contributed by atoms with Crippen LogP contribution in [-0.4, -0.2) is 47.7 Å². The SMILES string of the molecule is COc1c(CNCC2CNCC2O)c(C)nn1C.Cl. The van der Waals surface area contributed by atoms with Crippen molar-refractivity contribution in [1.29, 1.82) is 0 Å². The number of nitrogens with zero attached hydrogens (tertiary/aromatic N) is 2. The average molecular weight is 291 g/mol. The van der Waals surface area contributed by atoms with E-state index in [9.17, 15) is 5.11 Å². The molecule has 2 unspecified atom stereocenters. The third kappa shape index (κ3) is 3.60. The molecule has 2 atom stereocenters. The standard InChI is InChI=1S/C12H22N4O2.ClH/c1-8-10(12(18-3)16(2)15-8)6-13-4-9-5-14-7-11(9)17;/h9,11,13-14,17H,4-7H2,1-3H3;1H. The Kier molecular flexibility index (Phi) is 6.06. The molecule has 110 valence electrons. The first-order chi connectivity index (χ1) is 8.63. The number of rotatable bonds is 5. The van der Waals surface area contributed by atoms with Gasteiger partial charge in [-0.25, -0.2) is 4.68 Å². The molecule has 19 heavy (non-hydrogen) atoms. The number of aliphatic hydroxyl groups excluding tert-OH is 1. The number of aliphatic hydroxyl groups is 1. The van der Waals surface area contributed by atoms with E-state index in [1.54, 1.807) is 11.8 Å². The zero-order valence-electron chi connectivity index (χ0n) is 11.6. The van der Waals surface area contributed by atoms with E-state index in [4.69, 9.17) is 4.74 Å². The zero-order chi connectivity index (χ0) is 13.1. The molecule has 0 saturated carbocycles. The lowest BCUT2D eigenvalue weighted by atomic mass is 10.1. The van der Waals surface area contributed by atoms with Crippen LogP contribution in [0.3, 0.4) is 0 Å². The zero-order valence-corrected chi connectivity index (χ0v) is 12.5. The summed E-state index contributed by atoms with van der Waals surface area (Å²) in [5.41, 5.74) is 2.06. The number of aromatic nitrogens is 2. The highest BCUT2D eigenvalue weighted by atomic mass is 35.5. The number of aryl methyl sites for hydroxylation is 2. The van der Waals surface area contributed by atoms with Crippen LogP contribution in [-0.2, 0) is 13.6 Å². The minimum Gasteiger partial charge on any atom is -0.481 e. The molecule has 2 heterocycles. The minimum absolute atomic E-state index is 0. The lowest BCUT2D eigenvalue weighted by Gasteiger charge is -2.14. The molecular weight excluding hydrogens is 268 g/mol. The van der Waals surface area contributed by atoms with Crippen LogP contribution in [0.2, 0.25) is 0 Å². The van der Waals surface area contributed by atoms with Crippen LogP contribution in [0.15, 0.2) is 0 Å². The molecule has 0 amide bonds. The van der Waals surface area contributed by atoms with Crippen molar-refractivity contribution in [2.45, 2.75) is 19.6 Å². The van der Waals surface area contributed by atoms with Gasteiger partial charge in [-0.15, -0.1) is 12.4 Å². The molecule has 1 aliphatic heterocycles. The minimum atomic E-state index is -0.241. The predicted octanol–water partition coefficient (Wildman–Crippen LogP) is -0.171. The van der Waals surface area contributed by atoms with Crippen molar-refractivity contribution in [2.75, 3.05) is 26.7 Å². The van der Waals surface area contributed by atoms with Crippen molar-refractivity contribution >= 4 is 12.4 Å². The number of β-amino-alcohol motifs (C(OH)–C–C–N with tert-alkyl or cyclic N) is 1. The molecule has 3 N–H and O–H groups in total. The van der Waals surface area contributed by atoms with Crippen molar-refractivity contribution in [3.63, 3.8) is 0 Å². The largest absolute Gasteiger partial charge is 0.481 e. The number of methoxy groups -OCH3 is 1. The maximum absolute atomic E-state index is 9.70. The normalized spacial score (nSPS) is 22.3. The van der Waals surface area contributed by atoms with Gasteiger partial charge in [0.15, 0.2) is 0 Å². The first-order valence-electron chi connectivity index (χ1n) is 6.29. The second-order valence-electron chi connectivity index (χ2n) is 4.81. The summed E-state index contributed by atoms with van der Waals surface area (Å²) in [6, 6.07) is 0. The molecule has 1 saturated heterocycles. The quantitative estimate of drug-likeness (QED) is 0.702. The van der Waals surface area contributed by atoms with Crippen LogP contribution in [0.5, 0.6) is 5.88 Å². The highest BCUT2D eigenvalue weighted by Crippen LogP contribution is 2.20. The van der Waals surface area contributed by atoms with Gasteiger partial charge in [0.05, 0.1) is 24.5 Å². The fraction of sp³-hybridized carbons (Fsp3) is 0.750.